The first kappa shape index (κ1) is 14.5. The molecule has 2 aliphatic heterocycles. The Bertz CT molecular complexity index is 919. The lowest BCUT2D eigenvalue weighted by Crippen LogP contribution is -2.21. The third-order valence-electron chi connectivity index (χ3n) is 3.82. The predicted octanol–water partition coefficient (Wildman–Crippen LogP) is 1.76. The monoisotopic (exact) mass is 337 g/mol. The van der Waals surface area contributed by atoms with Crippen LogP contribution >= 0.6 is 12.2 Å². The molecule has 0 unspecified atom stereocenters. The fraction of sp³-hybridized carbons (Fsp3) is 0.0588. The van der Waals surface area contributed by atoms with Crippen LogP contribution in [0.25, 0.3) is 17.2 Å². The number of amides is 1. The van der Waals surface area contributed by atoms with Gasteiger partial charge in [0.25, 0.3) is 5.91 Å². The molecule has 1 saturated heterocycles. The molecule has 2 aromatic rings. The Kier molecular flexibility index (Phi) is 3.35. The molecule has 0 aliphatic carbocycles. The minimum Gasteiger partial charge on any atom is -0.457 e. The van der Waals surface area contributed by atoms with Crippen LogP contribution in [0.1, 0.15) is 21.6 Å². The van der Waals surface area contributed by atoms with E-state index in [9.17, 15) is 9.59 Å². The second-order valence-electron chi connectivity index (χ2n) is 5.39. The van der Waals surface area contributed by atoms with Gasteiger partial charge in [-0.1, -0.05) is 12.1 Å². The number of aromatic nitrogens is 1. The normalized spacial score (nSPS) is 17.5. The fourth-order valence-corrected chi connectivity index (χ4v) is 2.81. The number of hydrogen-bond acceptors (Lipinski definition) is 5. The van der Waals surface area contributed by atoms with Gasteiger partial charge in [-0.3, -0.25) is 15.1 Å². The van der Waals surface area contributed by atoms with E-state index in [0.29, 0.717) is 23.6 Å². The summed E-state index contributed by atoms with van der Waals surface area (Å²) in [7, 11) is 0. The summed E-state index contributed by atoms with van der Waals surface area (Å²) in [4.78, 5) is 27.4. The largest absolute Gasteiger partial charge is 0.457 e. The Morgan fingerprint density at radius 2 is 1.96 bits per heavy atom. The topological polar surface area (TPSA) is 80.3 Å². The van der Waals surface area contributed by atoms with Crippen LogP contribution in [0.4, 0.5) is 0 Å². The van der Waals surface area contributed by atoms with Crippen molar-refractivity contribution < 1.29 is 14.3 Å². The average Bonchev–Trinajstić information content (AvgIpc) is 3.10. The van der Waals surface area contributed by atoms with Gasteiger partial charge in [-0.05, 0) is 42.1 Å². The molecule has 2 N–H and O–H groups in total. The molecule has 2 aliphatic rings. The molecule has 0 saturated carbocycles. The lowest BCUT2D eigenvalue weighted by Gasteiger charge is -2.04. The second-order valence-corrected chi connectivity index (χ2v) is 5.79. The standard InChI is InChI=1S/C17H11N3O3S/c21-15-14(19-17(24)20-15)6-12-3-1-10(7-18-12)9-2-4-13-11(5-9)8-23-16(13)22/h1-7H,8H2,(H2,19,20,21,24)/b14-6-. The minimum absolute atomic E-state index is 0.269. The summed E-state index contributed by atoms with van der Waals surface area (Å²) in [5.74, 6) is -0.550. The molecule has 1 fully saturated rings. The number of fused-ring (bicyclic) bond motifs is 1. The Balaban J connectivity index is 1.61. The van der Waals surface area contributed by atoms with E-state index in [1.54, 1.807) is 18.3 Å². The van der Waals surface area contributed by atoms with Gasteiger partial charge in [-0.2, -0.15) is 0 Å². The highest BCUT2D eigenvalue weighted by Crippen LogP contribution is 2.26. The molecule has 0 bridgehead atoms. The highest BCUT2D eigenvalue weighted by molar-refractivity contribution is 7.80. The summed E-state index contributed by atoms with van der Waals surface area (Å²) < 4.78 is 5.01. The van der Waals surface area contributed by atoms with Crippen LogP contribution < -0.4 is 10.6 Å². The lowest BCUT2D eigenvalue weighted by molar-refractivity contribution is -0.115. The second kappa shape index (κ2) is 5.54. The van der Waals surface area contributed by atoms with E-state index in [0.717, 1.165) is 16.7 Å². The summed E-state index contributed by atoms with van der Waals surface area (Å²) in [6, 6.07) is 9.28. The molecule has 7 heteroatoms. The van der Waals surface area contributed by atoms with Crippen LogP contribution in [0.15, 0.2) is 42.2 Å². The Morgan fingerprint density at radius 3 is 2.67 bits per heavy atom. The van der Waals surface area contributed by atoms with E-state index < -0.39 is 0 Å². The molecule has 1 aromatic carbocycles. The Morgan fingerprint density at radius 1 is 1.12 bits per heavy atom. The lowest BCUT2D eigenvalue weighted by atomic mass is 10.0. The van der Waals surface area contributed by atoms with Crippen molar-refractivity contribution in [2.24, 2.45) is 0 Å². The van der Waals surface area contributed by atoms with Gasteiger partial charge in [0.1, 0.15) is 12.3 Å². The van der Waals surface area contributed by atoms with Gasteiger partial charge in [0.15, 0.2) is 5.11 Å². The zero-order valence-corrected chi connectivity index (χ0v) is 13.1. The number of thiocarbonyl (C=S) groups is 1. The Hall–Kier alpha value is -3.06. The number of nitrogens with one attached hydrogen (secondary N) is 2. The highest BCUT2D eigenvalue weighted by atomic mass is 32.1. The van der Waals surface area contributed by atoms with Crippen LogP contribution in [-0.2, 0) is 16.1 Å². The SMILES string of the molecule is O=C1NC(=S)N/C1=C\c1ccc(-c2ccc3c(c2)COC3=O)cn1. The first-order valence-electron chi connectivity index (χ1n) is 7.21. The molecule has 1 amide bonds. The molecule has 0 atom stereocenters. The van der Waals surface area contributed by atoms with Gasteiger partial charge in [0.05, 0.1) is 11.3 Å². The summed E-state index contributed by atoms with van der Waals surface area (Å²) in [6.45, 7) is 0.306. The zero-order valence-electron chi connectivity index (χ0n) is 12.3. The van der Waals surface area contributed by atoms with E-state index in [1.165, 1.54) is 0 Å². The maximum atomic E-state index is 11.6. The van der Waals surface area contributed by atoms with Crippen molar-refractivity contribution >= 4 is 35.3 Å². The van der Waals surface area contributed by atoms with E-state index in [2.05, 4.69) is 15.6 Å². The van der Waals surface area contributed by atoms with Crippen LogP contribution in [-0.4, -0.2) is 22.0 Å². The van der Waals surface area contributed by atoms with Gasteiger partial charge < -0.3 is 10.1 Å². The first-order valence-corrected chi connectivity index (χ1v) is 7.61. The van der Waals surface area contributed by atoms with Crippen molar-refractivity contribution in [3.05, 3.63) is 59.0 Å². The number of pyridine rings is 1. The molecule has 4 rings (SSSR count). The van der Waals surface area contributed by atoms with Crippen molar-refractivity contribution in [1.82, 2.24) is 15.6 Å². The van der Waals surface area contributed by atoms with Crippen molar-refractivity contribution in [3.8, 4) is 11.1 Å². The van der Waals surface area contributed by atoms with Crippen LogP contribution in [0.3, 0.4) is 0 Å². The quantitative estimate of drug-likeness (QED) is 0.494. The number of esters is 1. The van der Waals surface area contributed by atoms with Gasteiger partial charge in [-0.25, -0.2) is 4.79 Å². The first-order chi connectivity index (χ1) is 11.6. The number of ether oxygens (including phenoxy) is 1. The molecule has 24 heavy (non-hydrogen) atoms. The summed E-state index contributed by atoms with van der Waals surface area (Å²) in [5.41, 5.74) is 4.37. The van der Waals surface area contributed by atoms with Crippen LogP contribution in [0.5, 0.6) is 0 Å². The van der Waals surface area contributed by atoms with E-state index in [1.807, 2.05) is 24.3 Å². The third-order valence-corrected chi connectivity index (χ3v) is 4.02. The number of benzene rings is 1. The fourth-order valence-electron chi connectivity index (χ4n) is 2.60. The summed E-state index contributed by atoms with van der Waals surface area (Å²) in [5, 5.41) is 5.56. The van der Waals surface area contributed by atoms with Crippen molar-refractivity contribution in [2.75, 3.05) is 0 Å². The van der Waals surface area contributed by atoms with Gasteiger partial charge >= 0.3 is 5.97 Å². The maximum Gasteiger partial charge on any atom is 0.338 e. The molecular weight excluding hydrogens is 326 g/mol. The highest BCUT2D eigenvalue weighted by Gasteiger charge is 2.21. The average molecular weight is 337 g/mol. The Labute approximate surface area is 142 Å². The molecule has 3 heterocycles. The molecule has 6 nitrogen and oxygen atoms in total. The summed E-state index contributed by atoms with van der Waals surface area (Å²) in [6.07, 6.45) is 3.35. The molecule has 0 spiro atoms. The molecule has 118 valence electrons. The van der Waals surface area contributed by atoms with Crippen molar-refractivity contribution in [2.45, 2.75) is 6.61 Å². The number of nitrogens with zero attached hydrogens (tertiary/aromatic N) is 1. The van der Waals surface area contributed by atoms with Crippen LogP contribution in [0.2, 0.25) is 0 Å². The van der Waals surface area contributed by atoms with Gasteiger partial charge in [0, 0.05) is 17.3 Å². The predicted molar refractivity (Wildman–Crippen MR) is 90.6 cm³/mol. The number of carbonyl (C=O) groups is 2. The van der Waals surface area contributed by atoms with Gasteiger partial charge in [-0.15, -0.1) is 0 Å². The third kappa shape index (κ3) is 2.55. The molecule has 0 radical (unpaired) electrons. The zero-order chi connectivity index (χ0) is 16.7. The van der Waals surface area contributed by atoms with Gasteiger partial charge in [0.2, 0.25) is 0 Å². The minimum atomic E-state index is -0.281. The van der Waals surface area contributed by atoms with E-state index >= 15 is 0 Å². The number of carbonyl (C=O) groups excluding carboxylic acids is 2. The molecular formula is C17H11N3O3S. The number of cyclic esters (lactones) is 1. The van der Waals surface area contributed by atoms with E-state index in [-0.39, 0.29) is 17.0 Å². The maximum absolute atomic E-state index is 11.6. The van der Waals surface area contributed by atoms with E-state index in [4.69, 9.17) is 17.0 Å². The van der Waals surface area contributed by atoms with Crippen molar-refractivity contribution in [1.29, 1.82) is 0 Å². The molecule has 1 aromatic heterocycles. The smallest absolute Gasteiger partial charge is 0.338 e. The van der Waals surface area contributed by atoms with Crippen molar-refractivity contribution in [3.63, 3.8) is 0 Å². The summed E-state index contributed by atoms with van der Waals surface area (Å²) >= 11 is 4.88. The number of rotatable bonds is 2. The van der Waals surface area contributed by atoms with Crippen LogP contribution in [0, 0.1) is 0 Å². The number of hydrogen-bond donors (Lipinski definition) is 2.